The van der Waals surface area contributed by atoms with Gasteiger partial charge in [0.15, 0.2) is 0 Å². The number of hydrogen-bond donors (Lipinski definition) is 2. The summed E-state index contributed by atoms with van der Waals surface area (Å²) in [7, 11) is 0. The zero-order valence-corrected chi connectivity index (χ0v) is 16.3. The van der Waals surface area contributed by atoms with Crippen LogP contribution in [0.15, 0.2) is 0 Å². The molecule has 2 aliphatic rings. The number of nitrogens with one attached hydrogen (secondary N) is 2. The first-order valence-electron chi connectivity index (χ1n) is 9.74. The maximum absolute atomic E-state index is 3.55. The molecule has 0 bridgehead atoms. The highest BCUT2D eigenvalue weighted by atomic mass is 15.2. The highest BCUT2D eigenvalue weighted by Crippen LogP contribution is 2.14. The summed E-state index contributed by atoms with van der Waals surface area (Å²) in [6.07, 6.45) is 5.58. The van der Waals surface area contributed by atoms with Crippen LogP contribution in [0, 0.1) is 11.8 Å². The number of hydrogen-bond acceptors (Lipinski definition) is 3. The molecule has 2 N–H and O–H groups in total. The van der Waals surface area contributed by atoms with Gasteiger partial charge in [-0.25, -0.2) is 0 Å². The summed E-state index contributed by atoms with van der Waals surface area (Å²) in [6, 6.07) is 0.828. The van der Waals surface area contributed by atoms with Crippen LogP contribution in [0.1, 0.15) is 67.2 Å². The van der Waals surface area contributed by atoms with Gasteiger partial charge in [0.1, 0.15) is 0 Å². The van der Waals surface area contributed by atoms with Crippen molar-refractivity contribution >= 4 is 0 Å². The van der Waals surface area contributed by atoms with Gasteiger partial charge in [0.05, 0.1) is 0 Å². The fraction of sp³-hybridized carbons (Fsp3) is 1.00. The SMILES string of the molecule is CC.CC(C)CC1CCCCN1.CC(C)CN1CCNCC1. The lowest BCUT2D eigenvalue weighted by Crippen LogP contribution is -2.44. The van der Waals surface area contributed by atoms with E-state index < -0.39 is 0 Å². The van der Waals surface area contributed by atoms with Gasteiger partial charge in [0.25, 0.3) is 0 Å². The van der Waals surface area contributed by atoms with Crippen molar-refractivity contribution in [1.82, 2.24) is 15.5 Å². The van der Waals surface area contributed by atoms with Gasteiger partial charge in [-0.3, -0.25) is 0 Å². The van der Waals surface area contributed by atoms with Crippen LogP contribution in [-0.2, 0) is 0 Å². The molecule has 3 nitrogen and oxygen atoms in total. The van der Waals surface area contributed by atoms with Crippen molar-refractivity contribution < 1.29 is 0 Å². The molecule has 134 valence electrons. The molecule has 2 fully saturated rings. The highest BCUT2D eigenvalue weighted by molar-refractivity contribution is 4.72. The lowest BCUT2D eigenvalue weighted by atomic mass is 9.96. The fourth-order valence-corrected chi connectivity index (χ4v) is 3.10. The summed E-state index contributed by atoms with van der Waals surface area (Å²) >= 11 is 0. The second-order valence-electron chi connectivity index (χ2n) is 7.22. The quantitative estimate of drug-likeness (QED) is 0.828. The summed E-state index contributed by atoms with van der Waals surface area (Å²) in [4.78, 5) is 2.53. The van der Waals surface area contributed by atoms with Crippen LogP contribution in [0.3, 0.4) is 0 Å². The molecule has 1 atom stereocenters. The molecule has 1 unspecified atom stereocenters. The Morgan fingerprint density at radius 1 is 0.909 bits per heavy atom. The first-order chi connectivity index (χ1) is 10.6. The molecule has 0 amide bonds. The minimum absolute atomic E-state index is 0.818. The normalized spacial score (nSPS) is 22.6. The molecule has 0 radical (unpaired) electrons. The minimum atomic E-state index is 0.818. The van der Waals surface area contributed by atoms with Crippen molar-refractivity contribution in [3.8, 4) is 0 Å². The van der Waals surface area contributed by atoms with Crippen LogP contribution in [-0.4, -0.2) is 50.2 Å². The van der Waals surface area contributed by atoms with Crippen LogP contribution in [0.5, 0.6) is 0 Å². The van der Waals surface area contributed by atoms with Gasteiger partial charge < -0.3 is 15.5 Å². The average Bonchev–Trinajstić information content (AvgIpc) is 2.51. The first kappa shape index (κ1) is 21.9. The van der Waals surface area contributed by atoms with E-state index in [-0.39, 0.29) is 0 Å². The lowest BCUT2D eigenvalue weighted by Gasteiger charge is -2.28. The molecule has 2 heterocycles. The summed E-state index contributed by atoms with van der Waals surface area (Å²) in [5.41, 5.74) is 0. The van der Waals surface area contributed by atoms with Crippen LogP contribution in [0.25, 0.3) is 0 Å². The average molecular weight is 314 g/mol. The topological polar surface area (TPSA) is 27.3 Å². The van der Waals surface area contributed by atoms with E-state index in [1.54, 1.807) is 0 Å². The number of piperidine rings is 1. The Morgan fingerprint density at radius 3 is 2.00 bits per heavy atom. The summed E-state index contributed by atoms with van der Waals surface area (Å²) in [6.45, 7) is 20.5. The molecule has 0 spiro atoms. The van der Waals surface area contributed by atoms with Crippen molar-refractivity contribution in [1.29, 1.82) is 0 Å². The Hall–Kier alpha value is -0.120. The zero-order chi connectivity index (χ0) is 16.8. The molecule has 0 aromatic rings. The third kappa shape index (κ3) is 12.4. The van der Waals surface area contributed by atoms with Gasteiger partial charge in [0.2, 0.25) is 0 Å². The number of piperazine rings is 1. The Bertz CT molecular complexity index is 193. The van der Waals surface area contributed by atoms with E-state index in [0.29, 0.717) is 0 Å². The molecule has 0 aromatic carbocycles. The van der Waals surface area contributed by atoms with Crippen LogP contribution < -0.4 is 10.6 Å². The van der Waals surface area contributed by atoms with Gasteiger partial charge in [-0.15, -0.1) is 0 Å². The molecule has 2 saturated heterocycles. The molecular formula is C19H43N3. The smallest absolute Gasteiger partial charge is 0.0107 e. The maximum atomic E-state index is 3.55. The van der Waals surface area contributed by atoms with E-state index in [0.717, 1.165) is 17.9 Å². The second-order valence-corrected chi connectivity index (χ2v) is 7.22. The maximum Gasteiger partial charge on any atom is 0.0107 e. The van der Waals surface area contributed by atoms with Crippen LogP contribution in [0.2, 0.25) is 0 Å². The second kappa shape index (κ2) is 14.5. The molecular weight excluding hydrogens is 270 g/mol. The van der Waals surface area contributed by atoms with Gasteiger partial charge in [-0.2, -0.15) is 0 Å². The van der Waals surface area contributed by atoms with Crippen LogP contribution >= 0.6 is 0 Å². The minimum Gasteiger partial charge on any atom is -0.314 e. The Morgan fingerprint density at radius 2 is 1.55 bits per heavy atom. The Kier molecular flexibility index (Phi) is 14.4. The molecule has 0 aliphatic carbocycles. The predicted octanol–water partition coefficient (Wildman–Crippen LogP) is 3.75. The van der Waals surface area contributed by atoms with Crippen molar-refractivity contribution in [2.75, 3.05) is 39.3 Å². The summed E-state index contributed by atoms with van der Waals surface area (Å²) in [5.74, 6) is 1.67. The van der Waals surface area contributed by atoms with Crippen molar-refractivity contribution in [3.63, 3.8) is 0 Å². The van der Waals surface area contributed by atoms with Crippen molar-refractivity contribution in [2.45, 2.75) is 73.3 Å². The van der Waals surface area contributed by atoms with Gasteiger partial charge in [-0.05, 0) is 37.6 Å². The third-order valence-electron chi connectivity index (χ3n) is 4.00. The van der Waals surface area contributed by atoms with E-state index >= 15 is 0 Å². The van der Waals surface area contributed by atoms with Gasteiger partial charge in [-0.1, -0.05) is 48.0 Å². The Balaban J connectivity index is 0.000000360. The largest absolute Gasteiger partial charge is 0.314 e. The molecule has 2 aliphatic heterocycles. The predicted molar refractivity (Wildman–Crippen MR) is 101 cm³/mol. The Labute approximate surface area is 140 Å². The molecule has 22 heavy (non-hydrogen) atoms. The number of nitrogens with zero attached hydrogens (tertiary/aromatic N) is 1. The lowest BCUT2D eigenvalue weighted by molar-refractivity contribution is 0.217. The molecule has 0 saturated carbocycles. The first-order valence-corrected chi connectivity index (χ1v) is 9.74. The van der Waals surface area contributed by atoms with Gasteiger partial charge in [0, 0.05) is 38.8 Å². The summed E-state index contributed by atoms with van der Waals surface area (Å²) < 4.78 is 0. The van der Waals surface area contributed by atoms with Gasteiger partial charge >= 0.3 is 0 Å². The summed E-state index contributed by atoms with van der Waals surface area (Å²) in [5, 5.41) is 6.90. The molecule has 2 rings (SSSR count). The highest BCUT2D eigenvalue weighted by Gasteiger charge is 2.12. The standard InChI is InChI=1S/C9H19N.C8H18N2.C2H6/c1-8(2)7-9-5-3-4-6-10-9;1-8(2)7-10-5-3-9-4-6-10;1-2/h8-10H,3-7H2,1-2H3;8-9H,3-7H2,1-2H3;1-2H3. The number of rotatable bonds is 4. The van der Waals surface area contributed by atoms with E-state index in [1.165, 1.54) is 65.0 Å². The van der Waals surface area contributed by atoms with Crippen LogP contribution in [0.4, 0.5) is 0 Å². The van der Waals surface area contributed by atoms with E-state index in [9.17, 15) is 0 Å². The molecule has 0 aromatic heterocycles. The van der Waals surface area contributed by atoms with Crippen molar-refractivity contribution in [3.05, 3.63) is 0 Å². The fourth-order valence-electron chi connectivity index (χ4n) is 3.10. The zero-order valence-electron chi connectivity index (χ0n) is 16.3. The third-order valence-corrected chi connectivity index (χ3v) is 4.00. The van der Waals surface area contributed by atoms with Crippen molar-refractivity contribution in [2.24, 2.45) is 11.8 Å². The molecule has 3 heteroatoms. The van der Waals surface area contributed by atoms with E-state index in [1.807, 2.05) is 13.8 Å². The monoisotopic (exact) mass is 313 g/mol. The van der Waals surface area contributed by atoms with E-state index in [2.05, 4.69) is 43.2 Å². The van der Waals surface area contributed by atoms with E-state index in [4.69, 9.17) is 0 Å².